The Kier molecular flexibility index (Phi) is 3.04. The fourth-order valence-corrected chi connectivity index (χ4v) is 1.11. The van der Waals surface area contributed by atoms with E-state index in [4.69, 9.17) is 11.6 Å². The first-order chi connectivity index (χ1) is 7.34. The van der Waals surface area contributed by atoms with E-state index in [2.05, 4.69) is 25.5 Å². The van der Waals surface area contributed by atoms with E-state index in [9.17, 15) is 0 Å². The lowest BCUT2D eigenvalue weighted by atomic mass is 10.4. The van der Waals surface area contributed by atoms with Crippen LogP contribution in [0.2, 0.25) is 5.15 Å². The maximum absolute atomic E-state index is 5.61. The molecule has 2 aromatic rings. The predicted octanol–water partition coefficient (Wildman–Crippen LogP) is 1.53. The van der Waals surface area contributed by atoms with Crippen LogP contribution in [-0.4, -0.2) is 20.2 Å². The van der Waals surface area contributed by atoms with Gasteiger partial charge >= 0.3 is 0 Å². The summed E-state index contributed by atoms with van der Waals surface area (Å²) >= 11 is 5.61. The first-order valence-electron chi connectivity index (χ1n) is 4.32. The maximum atomic E-state index is 5.61. The standard InChI is InChI=1S/C9H8ClN5/c10-8-5-13-9(6-11-8)12-4-7-2-1-3-14-15-7/h1-3,5-6H,4H2,(H,12,13). The van der Waals surface area contributed by atoms with E-state index in [1.54, 1.807) is 12.4 Å². The molecule has 0 aliphatic carbocycles. The van der Waals surface area contributed by atoms with E-state index < -0.39 is 0 Å². The monoisotopic (exact) mass is 221 g/mol. The summed E-state index contributed by atoms with van der Waals surface area (Å²) in [5.74, 6) is 0.657. The Morgan fingerprint density at radius 2 is 2.20 bits per heavy atom. The van der Waals surface area contributed by atoms with Gasteiger partial charge in [0.05, 0.1) is 24.6 Å². The van der Waals surface area contributed by atoms with Crippen molar-refractivity contribution in [1.29, 1.82) is 0 Å². The van der Waals surface area contributed by atoms with Gasteiger partial charge in [-0.15, -0.1) is 0 Å². The average molecular weight is 222 g/mol. The van der Waals surface area contributed by atoms with Gasteiger partial charge in [0.25, 0.3) is 0 Å². The number of anilines is 1. The second-order valence-electron chi connectivity index (χ2n) is 2.79. The molecule has 0 radical (unpaired) electrons. The van der Waals surface area contributed by atoms with Crippen molar-refractivity contribution in [2.45, 2.75) is 6.54 Å². The summed E-state index contributed by atoms with van der Waals surface area (Å²) in [5, 5.41) is 11.1. The zero-order valence-electron chi connectivity index (χ0n) is 7.76. The fourth-order valence-electron chi connectivity index (χ4n) is 1.01. The summed E-state index contributed by atoms with van der Waals surface area (Å²) in [7, 11) is 0. The molecule has 76 valence electrons. The van der Waals surface area contributed by atoms with Crippen molar-refractivity contribution in [2.24, 2.45) is 0 Å². The van der Waals surface area contributed by atoms with E-state index in [0.717, 1.165) is 5.69 Å². The maximum Gasteiger partial charge on any atom is 0.147 e. The predicted molar refractivity (Wildman–Crippen MR) is 56.4 cm³/mol. The highest BCUT2D eigenvalue weighted by Crippen LogP contribution is 2.06. The first kappa shape index (κ1) is 9.79. The minimum absolute atomic E-state index is 0.375. The molecule has 0 aromatic carbocycles. The van der Waals surface area contributed by atoms with Gasteiger partial charge in [0.15, 0.2) is 0 Å². The van der Waals surface area contributed by atoms with Crippen molar-refractivity contribution in [3.8, 4) is 0 Å². The Morgan fingerprint density at radius 3 is 2.87 bits per heavy atom. The molecule has 0 bridgehead atoms. The van der Waals surface area contributed by atoms with Crippen molar-refractivity contribution in [1.82, 2.24) is 20.2 Å². The van der Waals surface area contributed by atoms with Crippen LogP contribution in [0.5, 0.6) is 0 Å². The molecule has 0 amide bonds. The lowest BCUT2D eigenvalue weighted by Gasteiger charge is -2.03. The summed E-state index contributed by atoms with van der Waals surface area (Å²) in [5.41, 5.74) is 0.842. The Hall–Kier alpha value is -1.75. The van der Waals surface area contributed by atoms with E-state index >= 15 is 0 Å². The minimum Gasteiger partial charge on any atom is -0.363 e. The molecule has 2 rings (SSSR count). The van der Waals surface area contributed by atoms with Crippen molar-refractivity contribution in [3.05, 3.63) is 41.6 Å². The number of rotatable bonds is 3. The number of aromatic nitrogens is 4. The SMILES string of the molecule is Clc1cnc(NCc2cccnn2)cn1. The van der Waals surface area contributed by atoms with Crippen LogP contribution in [0.1, 0.15) is 5.69 Å². The second kappa shape index (κ2) is 4.65. The molecule has 0 saturated heterocycles. The topological polar surface area (TPSA) is 63.6 Å². The van der Waals surface area contributed by atoms with Gasteiger partial charge in [0.1, 0.15) is 11.0 Å². The molecule has 0 fully saturated rings. The van der Waals surface area contributed by atoms with Gasteiger partial charge in [-0.05, 0) is 12.1 Å². The van der Waals surface area contributed by atoms with Crippen LogP contribution in [-0.2, 0) is 6.54 Å². The number of nitrogens with one attached hydrogen (secondary N) is 1. The lowest BCUT2D eigenvalue weighted by Crippen LogP contribution is -2.03. The van der Waals surface area contributed by atoms with Crippen LogP contribution in [0.4, 0.5) is 5.82 Å². The molecule has 15 heavy (non-hydrogen) atoms. The van der Waals surface area contributed by atoms with E-state index in [-0.39, 0.29) is 0 Å². The first-order valence-corrected chi connectivity index (χ1v) is 4.70. The van der Waals surface area contributed by atoms with Gasteiger partial charge in [-0.3, -0.25) is 0 Å². The van der Waals surface area contributed by atoms with Crippen LogP contribution >= 0.6 is 11.6 Å². The molecule has 2 aromatic heterocycles. The van der Waals surface area contributed by atoms with Gasteiger partial charge in [-0.2, -0.15) is 10.2 Å². The zero-order chi connectivity index (χ0) is 10.5. The Balaban J connectivity index is 1.96. The Labute approximate surface area is 91.6 Å². The highest BCUT2D eigenvalue weighted by atomic mass is 35.5. The molecule has 1 N–H and O–H groups in total. The normalized spacial score (nSPS) is 9.93. The van der Waals surface area contributed by atoms with Gasteiger partial charge in [0.2, 0.25) is 0 Å². The highest BCUT2D eigenvalue weighted by Gasteiger charge is 1.96. The third kappa shape index (κ3) is 2.85. The van der Waals surface area contributed by atoms with Crippen LogP contribution in [0.15, 0.2) is 30.7 Å². The van der Waals surface area contributed by atoms with Crippen molar-refractivity contribution < 1.29 is 0 Å². The summed E-state index contributed by atoms with van der Waals surface area (Å²) < 4.78 is 0. The van der Waals surface area contributed by atoms with Crippen LogP contribution < -0.4 is 5.32 Å². The van der Waals surface area contributed by atoms with Crippen LogP contribution in [0, 0.1) is 0 Å². The summed E-state index contributed by atoms with van der Waals surface area (Å²) in [6, 6.07) is 3.71. The molecule has 5 nitrogen and oxygen atoms in total. The molecular formula is C9H8ClN5. The van der Waals surface area contributed by atoms with E-state index in [0.29, 0.717) is 17.5 Å². The van der Waals surface area contributed by atoms with Gasteiger partial charge in [-0.25, -0.2) is 9.97 Å². The smallest absolute Gasteiger partial charge is 0.147 e. The van der Waals surface area contributed by atoms with Crippen molar-refractivity contribution in [2.75, 3.05) is 5.32 Å². The van der Waals surface area contributed by atoms with Gasteiger partial charge in [-0.1, -0.05) is 11.6 Å². The summed E-state index contributed by atoms with van der Waals surface area (Å²) in [6.07, 6.45) is 4.69. The minimum atomic E-state index is 0.375. The fraction of sp³-hybridized carbons (Fsp3) is 0.111. The quantitative estimate of drug-likeness (QED) is 0.852. The zero-order valence-corrected chi connectivity index (χ0v) is 8.52. The molecule has 0 aliphatic rings. The molecule has 6 heteroatoms. The average Bonchev–Trinajstić information content (AvgIpc) is 2.30. The van der Waals surface area contributed by atoms with Crippen LogP contribution in [0.25, 0.3) is 0 Å². The Morgan fingerprint density at radius 1 is 1.27 bits per heavy atom. The number of halogens is 1. The summed E-state index contributed by atoms with van der Waals surface area (Å²) in [4.78, 5) is 7.94. The number of nitrogens with zero attached hydrogens (tertiary/aromatic N) is 4. The molecule has 2 heterocycles. The molecule has 0 aliphatic heterocycles. The molecule has 0 atom stereocenters. The largest absolute Gasteiger partial charge is 0.363 e. The van der Waals surface area contributed by atoms with Gasteiger partial charge in [0, 0.05) is 6.20 Å². The van der Waals surface area contributed by atoms with E-state index in [1.807, 2.05) is 12.1 Å². The number of hydrogen-bond donors (Lipinski definition) is 1. The third-order valence-electron chi connectivity index (χ3n) is 1.70. The highest BCUT2D eigenvalue weighted by molar-refractivity contribution is 6.29. The number of hydrogen-bond acceptors (Lipinski definition) is 5. The molecule has 0 unspecified atom stereocenters. The lowest BCUT2D eigenvalue weighted by molar-refractivity contribution is 0.919. The van der Waals surface area contributed by atoms with Crippen molar-refractivity contribution >= 4 is 17.4 Å². The summed E-state index contributed by atoms with van der Waals surface area (Å²) in [6.45, 7) is 0.560. The van der Waals surface area contributed by atoms with Crippen LogP contribution in [0.3, 0.4) is 0 Å². The van der Waals surface area contributed by atoms with Gasteiger partial charge < -0.3 is 5.32 Å². The molecular weight excluding hydrogens is 214 g/mol. The Bertz CT molecular complexity index is 416. The third-order valence-corrected chi connectivity index (χ3v) is 1.89. The molecule has 0 saturated carbocycles. The van der Waals surface area contributed by atoms with E-state index in [1.165, 1.54) is 6.20 Å². The van der Waals surface area contributed by atoms with Crippen molar-refractivity contribution in [3.63, 3.8) is 0 Å². The second-order valence-corrected chi connectivity index (χ2v) is 3.18. The molecule has 0 spiro atoms.